The second-order valence-electron chi connectivity index (χ2n) is 7.00. The molecule has 5 N–H and O–H groups in total. The predicted molar refractivity (Wildman–Crippen MR) is 108 cm³/mol. The number of anilines is 1. The van der Waals surface area contributed by atoms with Crippen molar-refractivity contribution in [1.82, 2.24) is 0 Å². The molecule has 0 aromatic heterocycles. The van der Waals surface area contributed by atoms with E-state index in [4.69, 9.17) is 34.5 Å². The van der Waals surface area contributed by atoms with Crippen LogP contribution in [0.2, 0.25) is 0 Å². The fourth-order valence-electron chi connectivity index (χ4n) is 3.02. The van der Waals surface area contributed by atoms with Gasteiger partial charge >= 0.3 is 5.97 Å². The van der Waals surface area contributed by atoms with Gasteiger partial charge in [-0.05, 0) is 37.8 Å². The zero-order chi connectivity index (χ0) is 21.7. The van der Waals surface area contributed by atoms with E-state index in [-0.39, 0.29) is 5.97 Å². The maximum absolute atomic E-state index is 12.3. The van der Waals surface area contributed by atoms with Crippen LogP contribution in [0.5, 0.6) is 5.75 Å². The van der Waals surface area contributed by atoms with Gasteiger partial charge in [0.2, 0.25) is 0 Å². The van der Waals surface area contributed by atoms with Gasteiger partial charge < -0.3 is 34.8 Å². The first-order valence-electron chi connectivity index (χ1n) is 10.00. The topological polar surface area (TPSA) is 147 Å². The summed E-state index contributed by atoms with van der Waals surface area (Å²) in [6.45, 7) is 6.72. The van der Waals surface area contributed by atoms with Crippen molar-refractivity contribution < 1.29 is 38.4 Å². The Morgan fingerprint density at radius 3 is 2.48 bits per heavy atom. The second kappa shape index (κ2) is 13.6. The lowest BCUT2D eigenvalue weighted by atomic mass is 10.1. The molecule has 0 aliphatic carbocycles. The summed E-state index contributed by atoms with van der Waals surface area (Å²) >= 11 is 0. The minimum Gasteiger partial charge on any atom is -0.756 e. The molecular weight excluding hydrogens is 399 g/mol. The predicted octanol–water partition coefficient (Wildman–Crippen LogP) is 0.503. The average Bonchev–Trinajstić information content (AvgIpc) is 2.65. The summed E-state index contributed by atoms with van der Waals surface area (Å²) in [5.41, 5.74) is 6.85. The molecular formula is C19H33N2O7P. The van der Waals surface area contributed by atoms with Crippen molar-refractivity contribution in [2.75, 3.05) is 38.6 Å². The number of quaternary nitrogens is 1. The van der Waals surface area contributed by atoms with Gasteiger partial charge in [0.05, 0.1) is 32.8 Å². The fourth-order valence-corrected chi connectivity index (χ4v) is 3.02. The SMILES string of the molecule is CCCCOc1cc(N)ccc1C(=O)OCCC[NH+]1CCCCC1.O=P([O-])(O)O. The molecule has 1 saturated heterocycles. The number of nitrogens with one attached hydrogen (secondary N) is 1. The number of hydrogen-bond donors (Lipinski definition) is 4. The first-order valence-corrected chi connectivity index (χ1v) is 11.5. The number of esters is 1. The number of ether oxygens (including phenoxy) is 2. The van der Waals surface area contributed by atoms with Crippen LogP contribution < -0.4 is 20.3 Å². The molecule has 9 nitrogen and oxygen atoms in total. The summed E-state index contributed by atoms with van der Waals surface area (Å²) in [7, 11) is -4.89. The summed E-state index contributed by atoms with van der Waals surface area (Å²) in [5, 5.41) is 0. The third-order valence-electron chi connectivity index (χ3n) is 4.45. The van der Waals surface area contributed by atoms with Gasteiger partial charge in [-0.3, -0.25) is 4.57 Å². The molecule has 2 rings (SSSR count). The highest BCUT2D eigenvalue weighted by atomic mass is 31.2. The van der Waals surface area contributed by atoms with Crippen LogP contribution in [0, 0.1) is 0 Å². The molecule has 0 amide bonds. The number of piperidine rings is 1. The summed E-state index contributed by atoms with van der Waals surface area (Å²) in [5.74, 6) is 0.199. The van der Waals surface area contributed by atoms with E-state index in [0.29, 0.717) is 30.2 Å². The summed E-state index contributed by atoms with van der Waals surface area (Å²) in [6, 6.07) is 5.10. The molecule has 1 aliphatic heterocycles. The number of likely N-dealkylation sites (tertiary alicyclic amines) is 1. The summed E-state index contributed by atoms with van der Waals surface area (Å²) in [6.07, 6.45) is 6.89. The number of carbonyl (C=O) groups excluding carboxylic acids is 1. The third-order valence-corrected chi connectivity index (χ3v) is 4.45. The number of rotatable bonds is 9. The van der Waals surface area contributed by atoms with Crippen molar-refractivity contribution in [3.8, 4) is 5.75 Å². The zero-order valence-corrected chi connectivity index (χ0v) is 17.9. The Bertz CT molecular complexity index is 652. The number of nitrogens with two attached hydrogens (primary N) is 1. The van der Waals surface area contributed by atoms with E-state index in [1.165, 1.54) is 32.4 Å². The summed E-state index contributed by atoms with van der Waals surface area (Å²) in [4.78, 5) is 36.9. The molecule has 0 saturated carbocycles. The lowest BCUT2D eigenvalue weighted by Crippen LogP contribution is -3.12. The van der Waals surface area contributed by atoms with Gasteiger partial charge in [-0.25, -0.2) is 4.79 Å². The van der Waals surface area contributed by atoms with Crippen LogP contribution in [-0.2, 0) is 9.30 Å². The van der Waals surface area contributed by atoms with Gasteiger partial charge in [0, 0.05) is 18.2 Å². The quantitative estimate of drug-likeness (QED) is 0.191. The lowest BCUT2D eigenvalue weighted by Gasteiger charge is -2.23. The minimum atomic E-state index is -4.89. The van der Waals surface area contributed by atoms with Crippen molar-refractivity contribution >= 4 is 19.5 Å². The maximum Gasteiger partial charge on any atom is 0.341 e. The van der Waals surface area contributed by atoms with Gasteiger partial charge in [-0.1, -0.05) is 13.3 Å². The molecule has 1 fully saturated rings. The highest BCUT2D eigenvalue weighted by molar-refractivity contribution is 7.43. The standard InChI is InChI=1S/C19H30N2O3.H3O4P/c1-2-3-13-23-18-15-16(20)8-9-17(18)19(22)24-14-7-12-21-10-5-4-6-11-21;1-5(2,3)4/h8-9,15H,2-7,10-14,20H2,1H3;(H3,1,2,3,4). The van der Waals surface area contributed by atoms with Crippen molar-refractivity contribution in [1.29, 1.82) is 0 Å². The average molecular weight is 432 g/mol. The first-order chi connectivity index (χ1) is 13.7. The lowest BCUT2D eigenvalue weighted by molar-refractivity contribution is -0.905. The number of hydrogen-bond acceptors (Lipinski definition) is 6. The molecule has 10 heteroatoms. The maximum atomic E-state index is 12.3. The van der Waals surface area contributed by atoms with E-state index in [0.717, 1.165) is 25.8 Å². The molecule has 0 atom stereocenters. The number of carbonyl (C=O) groups is 1. The van der Waals surface area contributed by atoms with Crippen LogP contribution in [0.25, 0.3) is 0 Å². The molecule has 166 valence electrons. The van der Waals surface area contributed by atoms with Gasteiger partial charge in [-0.15, -0.1) is 0 Å². The van der Waals surface area contributed by atoms with E-state index < -0.39 is 7.82 Å². The normalized spacial score (nSPS) is 14.6. The second-order valence-corrected chi connectivity index (χ2v) is 7.98. The molecule has 0 radical (unpaired) electrons. The molecule has 0 bridgehead atoms. The van der Waals surface area contributed by atoms with Crippen molar-refractivity contribution in [3.63, 3.8) is 0 Å². The Kier molecular flexibility index (Phi) is 11.9. The van der Waals surface area contributed by atoms with Gasteiger partial charge in [0.1, 0.15) is 11.3 Å². The Morgan fingerprint density at radius 1 is 1.21 bits per heavy atom. The van der Waals surface area contributed by atoms with E-state index in [1.807, 2.05) is 0 Å². The molecule has 29 heavy (non-hydrogen) atoms. The van der Waals surface area contributed by atoms with Gasteiger partial charge in [0.25, 0.3) is 7.82 Å². The van der Waals surface area contributed by atoms with Crippen LogP contribution in [0.15, 0.2) is 18.2 Å². The van der Waals surface area contributed by atoms with Crippen LogP contribution >= 0.6 is 7.82 Å². The highest BCUT2D eigenvalue weighted by Crippen LogP contribution is 2.23. The molecule has 0 unspecified atom stereocenters. The van der Waals surface area contributed by atoms with Crippen LogP contribution in [0.4, 0.5) is 5.69 Å². The van der Waals surface area contributed by atoms with Gasteiger partial charge in [0.15, 0.2) is 0 Å². The van der Waals surface area contributed by atoms with E-state index in [9.17, 15) is 4.79 Å². The monoisotopic (exact) mass is 432 g/mol. The molecule has 1 aromatic rings. The van der Waals surface area contributed by atoms with E-state index in [2.05, 4.69) is 6.92 Å². The first kappa shape index (κ1) is 25.4. The molecule has 1 heterocycles. The number of benzene rings is 1. The van der Waals surface area contributed by atoms with Crippen LogP contribution in [0.3, 0.4) is 0 Å². The van der Waals surface area contributed by atoms with E-state index in [1.54, 1.807) is 23.1 Å². The number of phosphoric acid groups is 1. The fraction of sp³-hybridized carbons (Fsp3) is 0.632. The highest BCUT2D eigenvalue weighted by Gasteiger charge is 2.16. The van der Waals surface area contributed by atoms with Crippen LogP contribution in [0.1, 0.15) is 55.8 Å². The number of nitrogen functional groups attached to an aromatic ring is 1. The molecule has 1 aliphatic rings. The van der Waals surface area contributed by atoms with E-state index >= 15 is 0 Å². The third kappa shape index (κ3) is 12.5. The minimum absolute atomic E-state index is 0.324. The Labute approximate surface area is 172 Å². The Morgan fingerprint density at radius 2 is 1.86 bits per heavy atom. The largest absolute Gasteiger partial charge is 0.756 e. The molecule has 1 aromatic carbocycles. The number of unbranched alkanes of at least 4 members (excludes halogenated alkanes) is 1. The van der Waals surface area contributed by atoms with Gasteiger partial charge in [-0.2, -0.15) is 0 Å². The van der Waals surface area contributed by atoms with Crippen LogP contribution in [-0.4, -0.2) is 48.6 Å². The Hall–Kier alpha value is -1.64. The van der Waals surface area contributed by atoms with Crippen molar-refractivity contribution in [3.05, 3.63) is 23.8 Å². The van der Waals surface area contributed by atoms with Crippen molar-refractivity contribution in [2.24, 2.45) is 0 Å². The molecule has 0 spiro atoms. The van der Waals surface area contributed by atoms with Crippen molar-refractivity contribution in [2.45, 2.75) is 45.4 Å². The summed E-state index contributed by atoms with van der Waals surface area (Å²) < 4.78 is 19.9. The Balaban J connectivity index is 0.000000749. The zero-order valence-electron chi connectivity index (χ0n) is 17.0. The smallest absolute Gasteiger partial charge is 0.341 e.